The van der Waals surface area contributed by atoms with Crippen LogP contribution in [0, 0.1) is 0 Å². The molecule has 0 bridgehead atoms. The van der Waals surface area contributed by atoms with Crippen LogP contribution in [0.3, 0.4) is 0 Å². The molecule has 5 nitrogen and oxygen atoms in total. The molecular formula is C15H17N5. The molecule has 0 amide bonds. The van der Waals surface area contributed by atoms with Crippen molar-refractivity contribution in [1.29, 1.82) is 0 Å². The summed E-state index contributed by atoms with van der Waals surface area (Å²) in [5, 5.41) is 4.60. The van der Waals surface area contributed by atoms with E-state index in [-0.39, 0.29) is 6.04 Å². The smallest absolute Gasteiger partial charge is 0.0946 e. The fourth-order valence-corrected chi connectivity index (χ4v) is 2.31. The van der Waals surface area contributed by atoms with Gasteiger partial charge < -0.3 is 15.6 Å². The van der Waals surface area contributed by atoms with E-state index in [0.717, 1.165) is 28.8 Å². The topological polar surface area (TPSA) is 68.8 Å². The highest BCUT2D eigenvalue weighted by Gasteiger charge is 2.06. The van der Waals surface area contributed by atoms with E-state index in [1.165, 1.54) is 0 Å². The van der Waals surface area contributed by atoms with Gasteiger partial charge in [-0.3, -0.25) is 4.98 Å². The van der Waals surface area contributed by atoms with Crippen LogP contribution in [-0.4, -0.2) is 20.6 Å². The molecule has 0 radical (unpaired) electrons. The fraction of sp³-hybridized carbons (Fsp3) is 0.200. The summed E-state index contributed by atoms with van der Waals surface area (Å²) >= 11 is 0. The SMILES string of the molecule is CC(Cn1ccnc1)Nc1ccnc2cc(N)ccc12. The Morgan fingerprint density at radius 3 is 3.00 bits per heavy atom. The van der Waals surface area contributed by atoms with Gasteiger partial charge in [0.1, 0.15) is 0 Å². The standard InChI is InChI=1S/C15H17N5/c1-11(9-20-7-6-17-10-20)19-14-4-5-18-15-8-12(16)2-3-13(14)15/h2-8,10-11H,9,16H2,1H3,(H,18,19). The number of imidazole rings is 1. The van der Waals surface area contributed by atoms with Crippen LogP contribution in [0.25, 0.3) is 10.9 Å². The van der Waals surface area contributed by atoms with Crippen molar-refractivity contribution in [2.75, 3.05) is 11.1 Å². The Hall–Kier alpha value is -2.56. The monoisotopic (exact) mass is 267 g/mol. The Kier molecular flexibility index (Phi) is 3.25. The molecule has 20 heavy (non-hydrogen) atoms. The largest absolute Gasteiger partial charge is 0.399 e. The number of hydrogen-bond acceptors (Lipinski definition) is 4. The Balaban J connectivity index is 1.83. The number of aromatic nitrogens is 3. The summed E-state index contributed by atoms with van der Waals surface area (Å²) in [6.45, 7) is 3.00. The number of rotatable bonds is 4. The maximum absolute atomic E-state index is 5.79. The second-order valence-corrected chi connectivity index (χ2v) is 4.94. The zero-order valence-electron chi connectivity index (χ0n) is 11.3. The highest BCUT2D eigenvalue weighted by Crippen LogP contribution is 2.24. The predicted molar refractivity (Wildman–Crippen MR) is 81.5 cm³/mol. The zero-order chi connectivity index (χ0) is 13.9. The zero-order valence-corrected chi connectivity index (χ0v) is 11.3. The molecule has 1 atom stereocenters. The molecule has 3 aromatic rings. The molecule has 0 saturated carbocycles. The lowest BCUT2D eigenvalue weighted by Gasteiger charge is -2.17. The minimum Gasteiger partial charge on any atom is -0.399 e. The van der Waals surface area contributed by atoms with Gasteiger partial charge >= 0.3 is 0 Å². The molecule has 0 aliphatic rings. The highest BCUT2D eigenvalue weighted by molar-refractivity contribution is 5.92. The maximum Gasteiger partial charge on any atom is 0.0946 e. The number of benzene rings is 1. The molecule has 102 valence electrons. The molecule has 2 aromatic heterocycles. The van der Waals surface area contributed by atoms with E-state index in [1.807, 2.05) is 36.8 Å². The van der Waals surface area contributed by atoms with E-state index < -0.39 is 0 Å². The fourth-order valence-electron chi connectivity index (χ4n) is 2.31. The molecule has 0 spiro atoms. The van der Waals surface area contributed by atoms with Crippen molar-refractivity contribution in [3.63, 3.8) is 0 Å². The third-order valence-electron chi connectivity index (χ3n) is 3.21. The molecule has 5 heteroatoms. The molecule has 2 heterocycles. The van der Waals surface area contributed by atoms with Gasteiger partial charge in [0.15, 0.2) is 0 Å². The van der Waals surface area contributed by atoms with Gasteiger partial charge in [0.25, 0.3) is 0 Å². The summed E-state index contributed by atoms with van der Waals surface area (Å²) in [5.41, 5.74) is 8.50. The van der Waals surface area contributed by atoms with E-state index in [9.17, 15) is 0 Å². The summed E-state index contributed by atoms with van der Waals surface area (Å²) in [6, 6.07) is 8.07. The quantitative estimate of drug-likeness (QED) is 0.713. The second-order valence-electron chi connectivity index (χ2n) is 4.94. The molecule has 3 N–H and O–H groups in total. The minimum absolute atomic E-state index is 0.285. The van der Waals surface area contributed by atoms with Gasteiger partial charge in [0, 0.05) is 47.9 Å². The molecule has 1 unspecified atom stereocenters. The first-order valence-corrected chi connectivity index (χ1v) is 6.59. The van der Waals surface area contributed by atoms with E-state index >= 15 is 0 Å². The first-order valence-electron chi connectivity index (χ1n) is 6.59. The Bertz CT molecular complexity index is 705. The Morgan fingerprint density at radius 2 is 2.20 bits per heavy atom. The van der Waals surface area contributed by atoms with Crippen molar-refractivity contribution in [2.45, 2.75) is 19.5 Å². The van der Waals surface area contributed by atoms with Crippen molar-refractivity contribution in [1.82, 2.24) is 14.5 Å². The van der Waals surface area contributed by atoms with Gasteiger partial charge in [0.05, 0.1) is 11.8 Å². The normalized spacial score (nSPS) is 12.4. The summed E-state index contributed by atoms with van der Waals surface area (Å²) in [6.07, 6.45) is 7.37. The van der Waals surface area contributed by atoms with Crippen molar-refractivity contribution in [2.24, 2.45) is 0 Å². The van der Waals surface area contributed by atoms with Gasteiger partial charge in [-0.25, -0.2) is 4.98 Å². The molecule has 0 aliphatic carbocycles. The van der Waals surface area contributed by atoms with Gasteiger partial charge in [-0.1, -0.05) is 0 Å². The van der Waals surface area contributed by atoms with E-state index in [1.54, 1.807) is 12.4 Å². The number of nitrogens with zero attached hydrogens (tertiary/aromatic N) is 3. The summed E-state index contributed by atoms with van der Waals surface area (Å²) in [7, 11) is 0. The van der Waals surface area contributed by atoms with Crippen molar-refractivity contribution in [3.8, 4) is 0 Å². The van der Waals surface area contributed by atoms with Gasteiger partial charge in [-0.05, 0) is 31.2 Å². The lowest BCUT2D eigenvalue weighted by Crippen LogP contribution is -2.21. The predicted octanol–water partition coefficient (Wildman–Crippen LogP) is 2.51. The van der Waals surface area contributed by atoms with E-state index in [2.05, 4.69) is 26.8 Å². The number of fused-ring (bicyclic) bond motifs is 1. The molecule has 0 aliphatic heterocycles. The molecular weight excluding hydrogens is 250 g/mol. The number of nitrogens with two attached hydrogens (primary N) is 1. The minimum atomic E-state index is 0.285. The molecule has 0 fully saturated rings. The lowest BCUT2D eigenvalue weighted by molar-refractivity contribution is 0.619. The number of pyridine rings is 1. The van der Waals surface area contributed by atoms with E-state index in [0.29, 0.717) is 0 Å². The van der Waals surface area contributed by atoms with Crippen LogP contribution in [0.5, 0.6) is 0 Å². The van der Waals surface area contributed by atoms with Crippen LogP contribution >= 0.6 is 0 Å². The van der Waals surface area contributed by atoms with Crippen molar-refractivity contribution < 1.29 is 0 Å². The van der Waals surface area contributed by atoms with Crippen LogP contribution in [-0.2, 0) is 6.54 Å². The number of hydrogen-bond donors (Lipinski definition) is 2. The average molecular weight is 267 g/mol. The van der Waals surface area contributed by atoms with Crippen LogP contribution in [0.15, 0.2) is 49.2 Å². The first kappa shape index (κ1) is 12.5. The summed E-state index contributed by atoms with van der Waals surface area (Å²) < 4.78 is 2.05. The summed E-state index contributed by atoms with van der Waals surface area (Å²) in [5.74, 6) is 0. The van der Waals surface area contributed by atoms with Gasteiger partial charge in [0.2, 0.25) is 0 Å². The van der Waals surface area contributed by atoms with Crippen LogP contribution < -0.4 is 11.1 Å². The second kappa shape index (κ2) is 5.21. The lowest BCUT2D eigenvalue weighted by atomic mass is 10.1. The van der Waals surface area contributed by atoms with Crippen LogP contribution in [0.4, 0.5) is 11.4 Å². The molecule has 0 saturated heterocycles. The van der Waals surface area contributed by atoms with Gasteiger partial charge in [-0.2, -0.15) is 0 Å². The summed E-state index contributed by atoms with van der Waals surface area (Å²) in [4.78, 5) is 8.40. The van der Waals surface area contributed by atoms with Crippen molar-refractivity contribution >= 4 is 22.3 Å². The van der Waals surface area contributed by atoms with Gasteiger partial charge in [-0.15, -0.1) is 0 Å². The third-order valence-corrected chi connectivity index (χ3v) is 3.21. The van der Waals surface area contributed by atoms with E-state index in [4.69, 9.17) is 5.73 Å². The third kappa shape index (κ3) is 2.56. The average Bonchev–Trinajstić information content (AvgIpc) is 2.91. The maximum atomic E-state index is 5.79. The molecule has 1 aromatic carbocycles. The first-order chi connectivity index (χ1) is 9.72. The Morgan fingerprint density at radius 1 is 1.30 bits per heavy atom. The number of nitrogens with one attached hydrogen (secondary N) is 1. The Labute approximate surface area is 117 Å². The van der Waals surface area contributed by atoms with Crippen LogP contribution in [0.1, 0.15) is 6.92 Å². The number of anilines is 2. The van der Waals surface area contributed by atoms with Crippen LogP contribution in [0.2, 0.25) is 0 Å². The van der Waals surface area contributed by atoms with Crippen molar-refractivity contribution in [3.05, 3.63) is 49.2 Å². The molecule has 3 rings (SSSR count). The number of nitrogen functional groups attached to an aromatic ring is 1. The highest BCUT2D eigenvalue weighted by atomic mass is 15.1.